The number of nitrogens with zero attached hydrogens (tertiary/aromatic N) is 2. The first-order valence-electron chi connectivity index (χ1n) is 9.29. The van der Waals surface area contributed by atoms with Crippen LogP contribution in [0.3, 0.4) is 0 Å². The second-order valence-corrected chi connectivity index (χ2v) is 7.12. The van der Waals surface area contributed by atoms with E-state index in [0.717, 1.165) is 22.1 Å². The molecule has 150 valence electrons. The van der Waals surface area contributed by atoms with Gasteiger partial charge >= 0.3 is 5.97 Å². The molecule has 0 saturated carbocycles. The Bertz CT molecular complexity index is 1240. The van der Waals surface area contributed by atoms with E-state index in [-0.39, 0.29) is 0 Å². The number of nitrogens with one attached hydrogen (secondary N) is 1. The number of hydrogen-bond acceptors (Lipinski definition) is 5. The van der Waals surface area contributed by atoms with Gasteiger partial charge in [0.2, 0.25) is 0 Å². The molecule has 0 bridgehead atoms. The first kappa shape index (κ1) is 19.7. The van der Waals surface area contributed by atoms with Gasteiger partial charge in [0, 0.05) is 11.8 Å². The largest absolute Gasteiger partial charge is 0.480 e. The first-order chi connectivity index (χ1) is 14.5. The maximum atomic E-state index is 10.9. The maximum Gasteiger partial charge on any atom is 0.328 e. The molecular weight excluding hydrogens is 402 g/mol. The molecule has 4 aromatic rings. The number of aliphatic carboxylic acids is 1. The lowest BCUT2D eigenvalue weighted by Gasteiger charge is -2.10. The number of halogens is 1. The lowest BCUT2D eigenvalue weighted by atomic mass is 10.0. The summed E-state index contributed by atoms with van der Waals surface area (Å²) in [5, 5.41) is 17.7. The van der Waals surface area contributed by atoms with Crippen LogP contribution in [0, 0.1) is 0 Å². The van der Waals surface area contributed by atoms with Crippen molar-refractivity contribution in [1.82, 2.24) is 5.16 Å². The van der Waals surface area contributed by atoms with Crippen molar-refractivity contribution in [2.45, 2.75) is 13.0 Å². The van der Waals surface area contributed by atoms with E-state index in [1.807, 2.05) is 60.7 Å². The van der Waals surface area contributed by atoms with Crippen molar-refractivity contribution in [3.8, 4) is 11.1 Å². The predicted octanol–water partition coefficient (Wildman–Crippen LogP) is 5.78. The standard InChI is InChI=1S/C23H18ClN3O3/c1-14(23(28)29)25-13-15-10-11-18-20(12-15)30-27-22(18)26-19-9-5-8-17(21(19)24)16-6-3-2-4-7-16/h2-14H,1H3,(H,26,27)(H,28,29)/t14-/m0/s1. The monoisotopic (exact) mass is 419 g/mol. The first-order valence-corrected chi connectivity index (χ1v) is 9.67. The number of carboxylic acid groups (broad SMARTS) is 1. The molecule has 30 heavy (non-hydrogen) atoms. The Kier molecular flexibility index (Phi) is 5.50. The molecule has 0 aliphatic carbocycles. The maximum absolute atomic E-state index is 10.9. The Morgan fingerprint density at radius 3 is 2.73 bits per heavy atom. The minimum Gasteiger partial charge on any atom is -0.480 e. The molecule has 7 heteroatoms. The van der Waals surface area contributed by atoms with Crippen molar-refractivity contribution < 1.29 is 14.4 Å². The molecule has 6 nitrogen and oxygen atoms in total. The van der Waals surface area contributed by atoms with Crippen LogP contribution < -0.4 is 5.32 Å². The number of carbonyl (C=O) groups is 1. The molecule has 0 fully saturated rings. The normalized spacial score (nSPS) is 12.3. The highest BCUT2D eigenvalue weighted by Gasteiger charge is 2.13. The zero-order chi connectivity index (χ0) is 21.1. The van der Waals surface area contributed by atoms with Crippen LogP contribution in [0.15, 0.2) is 76.2 Å². The zero-order valence-electron chi connectivity index (χ0n) is 16.0. The lowest BCUT2D eigenvalue weighted by molar-refractivity contribution is -0.137. The van der Waals surface area contributed by atoms with E-state index in [2.05, 4.69) is 15.5 Å². The number of anilines is 2. The Hall–Kier alpha value is -3.64. The third-order valence-corrected chi connectivity index (χ3v) is 5.04. The smallest absolute Gasteiger partial charge is 0.328 e. The number of rotatable bonds is 6. The summed E-state index contributed by atoms with van der Waals surface area (Å²) in [6, 6.07) is 20.3. The average Bonchev–Trinajstić information content (AvgIpc) is 3.16. The Morgan fingerprint density at radius 2 is 1.97 bits per heavy atom. The van der Waals surface area contributed by atoms with Crippen molar-refractivity contribution in [1.29, 1.82) is 0 Å². The van der Waals surface area contributed by atoms with Gasteiger partial charge in [0.1, 0.15) is 6.04 Å². The van der Waals surface area contributed by atoms with Crippen molar-refractivity contribution in [3.63, 3.8) is 0 Å². The third-order valence-electron chi connectivity index (χ3n) is 4.64. The predicted molar refractivity (Wildman–Crippen MR) is 119 cm³/mol. The zero-order valence-corrected chi connectivity index (χ0v) is 16.8. The van der Waals surface area contributed by atoms with E-state index >= 15 is 0 Å². The second-order valence-electron chi connectivity index (χ2n) is 6.74. The van der Waals surface area contributed by atoms with Gasteiger partial charge in [-0.3, -0.25) is 4.99 Å². The van der Waals surface area contributed by atoms with Crippen LogP contribution >= 0.6 is 11.6 Å². The molecule has 3 aromatic carbocycles. The summed E-state index contributed by atoms with van der Waals surface area (Å²) in [6.07, 6.45) is 1.51. The molecule has 0 spiro atoms. The van der Waals surface area contributed by atoms with E-state index < -0.39 is 12.0 Å². The minimum absolute atomic E-state index is 0.541. The van der Waals surface area contributed by atoms with Crippen molar-refractivity contribution in [2.24, 2.45) is 4.99 Å². The van der Waals surface area contributed by atoms with E-state index in [9.17, 15) is 4.79 Å². The second kappa shape index (κ2) is 8.39. The molecule has 2 N–H and O–H groups in total. The highest BCUT2D eigenvalue weighted by atomic mass is 35.5. The SMILES string of the molecule is C[C@H](N=Cc1ccc2c(Nc3cccc(-c4ccccc4)c3Cl)noc2c1)C(=O)O. The number of benzene rings is 3. The fraction of sp³-hybridized carbons (Fsp3) is 0.0870. The van der Waals surface area contributed by atoms with Gasteiger partial charge in [-0.2, -0.15) is 0 Å². The van der Waals surface area contributed by atoms with Crippen LogP contribution in [0.25, 0.3) is 22.1 Å². The molecule has 0 unspecified atom stereocenters. The van der Waals surface area contributed by atoms with Crippen LogP contribution in [0.1, 0.15) is 12.5 Å². The number of aromatic nitrogens is 1. The van der Waals surface area contributed by atoms with Gasteiger partial charge in [-0.1, -0.05) is 65.3 Å². The molecular formula is C23H18ClN3O3. The van der Waals surface area contributed by atoms with E-state index in [4.69, 9.17) is 21.2 Å². The highest BCUT2D eigenvalue weighted by Crippen LogP contribution is 2.36. The minimum atomic E-state index is -0.979. The summed E-state index contributed by atoms with van der Waals surface area (Å²) in [5.74, 6) is -0.437. The van der Waals surface area contributed by atoms with Gasteiger partial charge in [0.15, 0.2) is 11.4 Å². The van der Waals surface area contributed by atoms with Crippen LogP contribution in [0.4, 0.5) is 11.5 Å². The summed E-state index contributed by atoms with van der Waals surface area (Å²) < 4.78 is 5.44. The third kappa shape index (κ3) is 4.04. The average molecular weight is 420 g/mol. The number of aliphatic imine (C=N–C) groups is 1. The van der Waals surface area contributed by atoms with Gasteiger partial charge < -0.3 is 14.9 Å². The van der Waals surface area contributed by atoms with Gasteiger partial charge in [-0.15, -0.1) is 0 Å². The number of fused-ring (bicyclic) bond motifs is 1. The lowest BCUT2D eigenvalue weighted by Crippen LogP contribution is -2.13. The number of hydrogen-bond donors (Lipinski definition) is 2. The fourth-order valence-corrected chi connectivity index (χ4v) is 3.27. The molecule has 0 saturated heterocycles. The summed E-state index contributed by atoms with van der Waals surface area (Å²) >= 11 is 6.65. The molecule has 0 aliphatic heterocycles. The molecule has 1 aromatic heterocycles. The summed E-state index contributed by atoms with van der Waals surface area (Å²) in [5.41, 5.74) is 3.94. The highest BCUT2D eigenvalue weighted by molar-refractivity contribution is 6.36. The van der Waals surface area contributed by atoms with Crippen molar-refractivity contribution >= 4 is 46.3 Å². The van der Waals surface area contributed by atoms with Crippen molar-refractivity contribution in [3.05, 3.63) is 77.3 Å². The molecule has 0 aliphatic rings. The van der Waals surface area contributed by atoms with Crippen molar-refractivity contribution in [2.75, 3.05) is 5.32 Å². The van der Waals surface area contributed by atoms with E-state index in [1.165, 1.54) is 13.1 Å². The van der Waals surface area contributed by atoms with Gasteiger partial charge in [-0.05, 0) is 36.2 Å². The molecule has 1 heterocycles. The van der Waals surface area contributed by atoms with Crippen LogP contribution in [-0.2, 0) is 4.79 Å². The van der Waals surface area contributed by atoms with Gasteiger partial charge in [0.05, 0.1) is 16.1 Å². The Morgan fingerprint density at radius 1 is 1.17 bits per heavy atom. The molecule has 1 atom stereocenters. The molecule has 0 amide bonds. The van der Waals surface area contributed by atoms with Gasteiger partial charge in [0.25, 0.3) is 0 Å². The van der Waals surface area contributed by atoms with Crippen LogP contribution in [-0.4, -0.2) is 28.5 Å². The van der Waals surface area contributed by atoms with E-state index in [1.54, 1.807) is 6.07 Å². The quantitative estimate of drug-likeness (QED) is 0.386. The van der Waals surface area contributed by atoms with Gasteiger partial charge in [-0.25, -0.2) is 4.79 Å². The summed E-state index contributed by atoms with van der Waals surface area (Å²) in [4.78, 5) is 14.9. The molecule has 4 rings (SSSR count). The topological polar surface area (TPSA) is 87.7 Å². The number of carboxylic acids is 1. The Balaban J connectivity index is 1.62. The van der Waals surface area contributed by atoms with Crippen LogP contribution in [0.5, 0.6) is 0 Å². The molecule has 0 radical (unpaired) electrons. The van der Waals surface area contributed by atoms with Crippen LogP contribution in [0.2, 0.25) is 5.02 Å². The fourth-order valence-electron chi connectivity index (χ4n) is 2.98. The summed E-state index contributed by atoms with van der Waals surface area (Å²) in [6.45, 7) is 1.52. The Labute approximate surface area is 177 Å². The van der Waals surface area contributed by atoms with E-state index in [0.29, 0.717) is 22.1 Å². The summed E-state index contributed by atoms with van der Waals surface area (Å²) in [7, 11) is 0.